The maximum absolute atomic E-state index is 6.66. The van der Waals surface area contributed by atoms with Crippen molar-refractivity contribution in [1.82, 2.24) is 0 Å². The smallest absolute Gasteiger partial charge is 0.143 e. The molecule has 0 unspecified atom stereocenters. The number of fused-ring (bicyclic) bond motifs is 5. The first-order valence-corrected chi connectivity index (χ1v) is 18.4. The van der Waals surface area contributed by atoms with Crippen molar-refractivity contribution in [2.24, 2.45) is 0 Å². The van der Waals surface area contributed by atoms with Crippen LogP contribution in [0.3, 0.4) is 0 Å². The summed E-state index contributed by atoms with van der Waals surface area (Å²) < 4.78 is 6.66. The van der Waals surface area contributed by atoms with Crippen molar-refractivity contribution in [1.29, 1.82) is 0 Å². The molecular weight excluding hydrogens is 655 g/mol. The Labute approximate surface area is 314 Å². The molecule has 0 spiro atoms. The Morgan fingerprint density at radius 3 is 1.69 bits per heavy atom. The van der Waals surface area contributed by atoms with Crippen LogP contribution in [0.25, 0.3) is 77.2 Å². The summed E-state index contributed by atoms with van der Waals surface area (Å²) in [4.78, 5) is 2.40. The molecule has 10 rings (SSSR count). The Morgan fingerprint density at radius 1 is 0.333 bits per heavy atom. The summed E-state index contributed by atoms with van der Waals surface area (Å²) in [5.74, 6) is 0. The molecule has 0 aliphatic carbocycles. The third-order valence-corrected chi connectivity index (χ3v) is 10.5. The van der Waals surface area contributed by atoms with Crippen molar-refractivity contribution in [2.75, 3.05) is 4.90 Å². The number of anilines is 3. The molecule has 0 fully saturated rings. The van der Waals surface area contributed by atoms with Crippen molar-refractivity contribution in [3.05, 3.63) is 212 Å². The molecule has 9 aromatic carbocycles. The van der Waals surface area contributed by atoms with E-state index in [-0.39, 0.29) is 0 Å². The average Bonchev–Trinajstić information content (AvgIpc) is 3.65. The van der Waals surface area contributed by atoms with E-state index in [0.717, 1.165) is 55.5 Å². The van der Waals surface area contributed by atoms with Crippen LogP contribution in [0.2, 0.25) is 0 Å². The van der Waals surface area contributed by atoms with E-state index >= 15 is 0 Å². The largest absolute Gasteiger partial charge is 0.455 e. The van der Waals surface area contributed by atoms with Crippen LogP contribution >= 0.6 is 0 Å². The first kappa shape index (κ1) is 31.6. The third kappa shape index (κ3) is 5.53. The van der Waals surface area contributed by atoms with Gasteiger partial charge in [0, 0.05) is 33.1 Å². The van der Waals surface area contributed by atoms with Gasteiger partial charge in [-0.1, -0.05) is 170 Å². The normalized spacial score (nSPS) is 11.3. The van der Waals surface area contributed by atoms with Gasteiger partial charge in [0.05, 0.1) is 5.69 Å². The highest BCUT2D eigenvalue weighted by atomic mass is 16.3. The Balaban J connectivity index is 1.21. The Bertz CT molecular complexity index is 2910. The van der Waals surface area contributed by atoms with Gasteiger partial charge in [-0.25, -0.2) is 0 Å². The summed E-state index contributed by atoms with van der Waals surface area (Å²) in [7, 11) is 0. The maximum atomic E-state index is 6.66. The number of hydrogen-bond acceptors (Lipinski definition) is 2. The number of rotatable bonds is 7. The summed E-state index contributed by atoms with van der Waals surface area (Å²) in [6.45, 7) is 0. The number of para-hydroxylation sites is 1. The minimum absolute atomic E-state index is 0.881. The van der Waals surface area contributed by atoms with E-state index in [1.165, 1.54) is 38.8 Å². The van der Waals surface area contributed by atoms with E-state index in [1.807, 2.05) is 0 Å². The lowest BCUT2D eigenvalue weighted by Gasteiger charge is -2.29. The van der Waals surface area contributed by atoms with E-state index in [0.29, 0.717) is 0 Å². The predicted octanol–water partition coefficient (Wildman–Crippen LogP) is 14.9. The third-order valence-electron chi connectivity index (χ3n) is 10.5. The van der Waals surface area contributed by atoms with Gasteiger partial charge in [-0.05, 0) is 86.8 Å². The standard InChI is InChI=1S/C52H35NO/c1-4-15-36(16-5-1)37-27-30-41(31-28-37)53(42-32-34-43(38-17-6-2-7-18-38)48(35-42)39-19-8-3-9-20-39)49-25-13-12-23-45(49)46-24-14-26-50-51(46)47-33-29-40-21-10-11-22-44(40)52(47)54-50/h1-35H. The minimum atomic E-state index is 0.881. The first-order valence-electron chi connectivity index (χ1n) is 18.4. The molecule has 10 aromatic rings. The number of hydrogen-bond donors (Lipinski definition) is 0. The van der Waals surface area contributed by atoms with Crippen molar-refractivity contribution in [3.63, 3.8) is 0 Å². The van der Waals surface area contributed by atoms with Gasteiger partial charge in [0.15, 0.2) is 0 Å². The van der Waals surface area contributed by atoms with Crippen LogP contribution in [0, 0.1) is 0 Å². The lowest BCUT2D eigenvalue weighted by atomic mass is 9.93. The van der Waals surface area contributed by atoms with Gasteiger partial charge in [-0.15, -0.1) is 0 Å². The Hall–Kier alpha value is -7.16. The molecule has 254 valence electrons. The highest BCUT2D eigenvalue weighted by molar-refractivity contribution is 6.19. The molecule has 1 heterocycles. The Morgan fingerprint density at radius 2 is 0.926 bits per heavy atom. The van der Waals surface area contributed by atoms with Crippen molar-refractivity contribution in [3.8, 4) is 44.5 Å². The fraction of sp³-hybridized carbons (Fsp3) is 0. The lowest BCUT2D eigenvalue weighted by Crippen LogP contribution is -2.11. The summed E-state index contributed by atoms with van der Waals surface area (Å²) in [6, 6.07) is 75.8. The van der Waals surface area contributed by atoms with Crippen LogP contribution in [0.4, 0.5) is 17.1 Å². The van der Waals surface area contributed by atoms with E-state index in [1.54, 1.807) is 0 Å². The number of furan rings is 1. The number of benzene rings is 9. The molecule has 2 nitrogen and oxygen atoms in total. The van der Waals surface area contributed by atoms with Crippen LogP contribution in [0.5, 0.6) is 0 Å². The molecule has 0 radical (unpaired) electrons. The molecule has 54 heavy (non-hydrogen) atoms. The first-order chi connectivity index (χ1) is 26.8. The molecule has 0 aliphatic rings. The molecule has 0 amide bonds. The van der Waals surface area contributed by atoms with Gasteiger partial charge < -0.3 is 9.32 Å². The van der Waals surface area contributed by atoms with Crippen LogP contribution in [-0.2, 0) is 0 Å². The molecule has 0 aliphatic heterocycles. The van der Waals surface area contributed by atoms with Crippen molar-refractivity contribution in [2.45, 2.75) is 0 Å². The molecule has 0 saturated carbocycles. The monoisotopic (exact) mass is 689 g/mol. The zero-order chi connectivity index (χ0) is 35.8. The molecule has 2 heteroatoms. The lowest BCUT2D eigenvalue weighted by molar-refractivity contribution is 0.673. The van der Waals surface area contributed by atoms with E-state index in [4.69, 9.17) is 4.42 Å². The summed E-state index contributed by atoms with van der Waals surface area (Å²) in [5.41, 5.74) is 14.4. The van der Waals surface area contributed by atoms with Gasteiger partial charge >= 0.3 is 0 Å². The van der Waals surface area contributed by atoms with E-state index in [9.17, 15) is 0 Å². The van der Waals surface area contributed by atoms with Gasteiger partial charge in [0.25, 0.3) is 0 Å². The van der Waals surface area contributed by atoms with Gasteiger partial charge in [0.2, 0.25) is 0 Å². The van der Waals surface area contributed by atoms with Gasteiger partial charge in [-0.2, -0.15) is 0 Å². The Kier molecular flexibility index (Phi) is 7.85. The molecular formula is C52H35NO. The molecule has 0 N–H and O–H groups in total. The average molecular weight is 690 g/mol. The second-order valence-corrected chi connectivity index (χ2v) is 13.7. The topological polar surface area (TPSA) is 16.4 Å². The van der Waals surface area contributed by atoms with Crippen LogP contribution < -0.4 is 4.90 Å². The number of nitrogens with zero attached hydrogens (tertiary/aromatic N) is 1. The predicted molar refractivity (Wildman–Crippen MR) is 228 cm³/mol. The van der Waals surface area contributed by atoms with Gasteiger partial charge in [0.1, 0.15) is 11.2 Å². The molecule has 0 atom stereocenters. The quantitative estimate of drug-likeness (QED) is 0.166. The van der Waals surface area contributed by atoms with Crippen LogP contribution in [0.1, 0.15) is 0 Å². The second kappa shape index (κ2) is 13.4. The zero-order valence-corrected chi connectivity index (χ0v) is 29.6. The minimum Gasteiger partial charge on any atom is -0.455 e. The zero-order valence-electron chi connectivity index (χ0n) is 29.6. The molecule has 0 bridgehead atoms. The van der Waals surface area contributed by atoms with Crippen molar-refractivity contribution >= 4 is 49.8 Å². The SMILES string of the molecule is c1ccc(-c2ccc(N(c3ccc(-c4ccccc4)c(-c4ccccc4)c3)c3ccccc3-c3cccc4oc5c6ccccc6ccc5c34)cc2)cc1. The highest BCUT2D eigenvalue weighted by Gasteiger charge is 2.22. The highest BCUT2D eigenvalue weighted by Crippen LogP contribution is 2.47. The van der Waals surface area contributed by atoms with Crippen molar-refractivity contribution < 1.29 is 4.42 Å². The summed E-state index contributed by atoms with van der Waals surface area (Å²) in [6.07, 6.45) is 0. The second-order valence-electron chi connectivity index (χ2n) is 13.7. The van der Waals surface area contributed by atoms with Crippen LogP contribution in [-0.4, -0.2) is 0 Å². The summed E-state index contributed by atoms with van der Waals surface area (Å²) >= 11 is 0. The van der Waals surface area contributed by atoms with E-state index < -0.39 is 0 Å². The fourth-order valence-corrected chi connectivity index (χ4v) is 7.93. The molecule has 1 aromatic heterocycles. The van der Waals surface area contributed by atoms with Gasteiger partial charge in [-0.3, -0.25) is 0 Å². The maximum Gasteiger partial charge on any atom is 0.143 e. The fourth-order valence-electron chi connectivity index (χ4n) is 7.93. The van der Waals surface area contributed by atoms with Crippen LogP contribution in [0.15, 0.2) is 217 Å². The van der Waals surface area contributed by atoms with E-state index in [2.05, 4.69) is 217 Å². The molecule has 0 saturated heterocycles. The summed E-state index contributed by atoms with van der Waals surface area (Å²) in [5, 5.41) is 4.53.